The summed E-state index contributed by atoms with van der Waals surface area (Å²) in [5, 5.41) is 8.72. The first-order chi connectivity index (χ1) is 12.6. The number of anilines is 1. The average Bonchev–Trinajstić information content (AvgIpc) is 3.35. The third-order valence-corrected chi connectivity index (χ3v) is 5.17. The van der Waals surface area contributed by atoms with E-state index < -0.39 is 5.92 Å². The highest BCUT2D eigenvalue weighted by Gasteiger charge is 2.42. The van der Waals surface area contributed by atoms with Crippen LogP contribution in [0.4, 0.5) is 5.82 Å². The lowest BCUT2D eigenvalue weighted by atomic mass is 9.75. The molecule has 132 valence electrons. The van der Waals surface area contributed by atoms with E-state index in [-0.39, 0.29) is 17.3 Å². The van der Waals surface area contributed by atoms with Crippen molar-refractivity contribution in [2.45, 2.75) is 31.6 Å². The Morgan fingerprint density at radius 1 is 1.08 bits per heavy atom. The second kappa shape index (κ2) is 5.39. The number of fused-ring (bicyclic) bond motifs is 1. The SMILES string of the molecule is Cc1ccc([C@@H]2C3=C(C[C@H](c4ccco4)CC3=O)Nc3[nH][nH]c(=O)c32)o1. The molecule has 2 atom stereocenters. The largest absolute Gasteiger partial charge is 0.469 e. The first-order valence-electron chi connectivity index (χ1n) is 8.55. The smallest absolute Gasteiger partial charge is 0.270 e. The second-order valence-corrected chi connectivity index (χ2v) is 6.81. The molecule has 0 bridgehead atoms. The molecule has 2 aliphatic rings. The Balaban J connectivity index is 1.66. The third kappa shape index (κ3) is 2.13. The normalized spacial score (nSPS) is 22.1. The van der Waals surface area contributed by atoms with Crippen molar-refractivity contribution in [3.8, 4) is 0 Å². The van der Waals surface area contributed by atoms with Crippen LogP contribution in [-0.2, 0) is 4.79 Å². The van der Waals surface area contributed by atoms with Crippen molar-refractivity contribution >= 4 is 11.6 Å². The summed E-state index contributed by atoms with van der Waals surface area (Å²) in [5.74, 6) is 2.21. The Bertz CT molecular complexity index is 1080. The quantitative estimate of drug-likeness (QED) is 0.658. The molecule has 7 heteroatoms. The van der Waals surface area contributed by atoms with Gasteiger partial charge in [0, 0.05) is 23.6 Å². The van der Waals surface area contributed by atoms with E-state index in [1.165, 1.54) is 0 Å². The van der Waals surface area contributed by atoms with E-state index in [1.807, 2.05) is 31.2 Å². The van der Waals surface area contributed by atoms with Crippen LogP contribution in [0.1, 0.15) is 47.5 Å². The van der Waals surface area contributed by atoms with Crippen molar-refractivity contribution in [1.82, 2.24) is 10.2 Å². The third-order valence-electron chi connectivity index (χ3n) is 5.17. The molecule has 0 fully saturated rings. The van der Waals surface area contributed by atoms with Crippen LogP contribution >= 0.6 is 0 Å². The molecule has 1 aliphatic heterocycles. The first-order valence-corrected chi connectivity index (χ1v) is 8.55. The van der Waals surface area contributed by atoms with E-state index in [2.05, 4.69) is 15.5 Å². The van der Waals surface area contributed by atoms with E-state index >= 15 is 0 Å². The zero-order valence-electron chi connectivity index (χ0n) is 14.1. The van der Waals surface area contributed by atoms with Crippen molar-refractivity contribution in [2.75, 3.05) is 5.32 Å². The predicted octanol–water partition coefficient (Wildman–Crippen LogP) is 3.16. The molecule has 0 saturated carbocycles. The lowest BCUT2D eigenvalue weighted by Crippen LogP contribution is -2.31. The van der Waals surface area contributed by atoms with Crippen molar-refractivity contribution in [1.29, 1.82) is 0 Å². The lowest BCUT2D eigenvalue weighted by molar-refractivity contribution is -0.116. The number of ketones is 1. The monoisotopic (exact) mass is 351 g/mol. The standard InChI is InChI=1S/C19H17N3O4/c1-9-4-5-14(26-9)16-15-11(20-18-17(16)19(24)22-21-18)7-10(8-12(15)23)13-3-2-6-25-13/h2-6,10,16H,7-8H2,1H3,(H3,20,21,22,24)/t10-,16+/m0/s1. The van der Waals surface area contributed by atoms with Crippen LogP contribution in [0.2, 0.25) is 0 Å². The number of aromatic amines is 2. The predicted molar refractivity (Wildman–Crippen MR) is 93.0 cm³/mol. The van der Waals surface area contributed by atoms with Crippen LogP contribution in [0, 0.1) is 6.92 Å². The Morgan fingerprint density at radius 2 is 1.96 bits per heavy atom. The average molecular weight is 351 g/mol. The van der Waals surface area contributed by atoms with Gasteiger partial charge in [-0.3, -0.25) is 19.8 Å². The van der Waals surface area contributed by atoms with Gasteiger partial charge < -0.3 is 14.2 Å². The van der Waals surface area contributed by atoms with Crippen LogP contribution in [0.15, 0.2) is 55.4 Å². The van der Waals surface area contributed by atoms with Gasteiger partial charge in [0.2, 0.25) is 0 Å². The number of hydrogen-bond acceptors (Lipinski definition) is 5. The minimum atomic E-state index is -0.505. The minimum absolute atomic E-state index is 0.00505. The molecule has 0 spiro atoms. The highest BCUT2D eigenvalue weighted by Crippen LogP contribution is 2.46. The van der Waals surface area contributed by atoms with Gasteiger partial charge in [-0.15, -0.1) is 0 Å². The van der Waals surface area contributed by atoms with Gasteiger partial charge in [0.25, 0.3) is 5.56 Å². The summed E-state index contributed by atoms with van der Waals surface area (Å²) in [5.41, 5.74) is 1.66. The van der Waals surface area contributed by atoms with E-state index in [1.54, 1.807) is 6.26 Å². The number of aromatic nitrogens is 2. The molecular weight excluding hydrogens is 334 g/mol. The van der Waals surface area contributed by atoms with Gasteiger partial charge in [0.15, 0.2) is 5.78 Å². The number of aryl methyl sites for hydroxylation is 1. The van der Waals surface area contributed by atoms with Gasteiger partial charge >= 0.3 is 0 Å². The van der Waals surface area contributed by atoms with Crippen LogP contribution < -0.4 is 10.9 Å². The number of carbonyl (C=O) groups is 1. The summed E-state index contributed by atoms with van der Waals surface area (Å²) in [6.07, 6.45) is 2.60. The summed E-state index contributed by atoms with van der Waals surface area (Å²) in [4.78, 5) is 25.4. The van der Waals surface area contributed by atoms with Crippen molar-refractivity contribution in [3.63, 3.8) is 0 Å². The summed E-state index contributed by atoms with van der Waals surface area (Å²) >= 11 is 0. The van der Waals surface area contributed by atoms with E-state index in [9.17, 15) is 9.59 Å². The Hall–Kier alpha value is -3.22. The fourth-order valence-corrected chi connectivity index (χ4v) is 4.04. The molecule has 3 aromatic rings. The number of nitrogens with one attached hydrogen (secondary N) is 3. The molecule has 0 radical (unpaired) electrons. The van der Waals surface area contributed by atoms with E-state index in [0.717, 1.165) is 17.2 Å². The van der Waals surface area contributed by atoms with Crippen LogP contribution in [0.25, 0.3) is 0 Å². The number of carbonyl (C=O) groups excluding carboxylic acids is 1. The maximum absolute atomic E-state index is 13.1. The van der Waals surface area contributed by atoms with Crippen molar-refractivity contribution in [2.24, 2.45) is 0 Å². The second-order valence-electron chi connectivity index (χ2n) is 6.81. The van der Waals surface area contributed by atoms with Crippen molar-refractivity contribution < 1.29 is 13.6 Å². The van der Waals surface area contributed by atoms with Crippen LogP contribution in [-0.4, -0.2) is 16.0 Å². The fraction of sp³-hybridized carbons (Fsp3) is 0.263. The van der Waals surface area contributed by atoms with Gasteiger partial charge in [-0.25, -0.2) is 0 Å². The summed E-state index contributed by atoms with van der Waals surface area (Å²) in [7, 11) is 0. The fourth-order valence-electron chi connectivity index (χ4n) is 4.04. The number of H-pyrrole nitrogens is 2. The number of rotatable bonds is 2. The number of furan rings is 2. The van der Waals surface area contributed by atoms with Crippen LogP contribution in [0.3, 0.4) is 0 Å². The minimum Gasteiger partial charge on any atom is -0.469 e. The first kappa shape index (κ1) is 15.1. The summed E-state index contributed by atoms with van der Waals surface area (Å²) in [6.45, 7) is 1.85. The van der Waals surface area contributed by atoms with Gasteiger partial charge in [0.05, 0.1) is 17.7 Å². The maximum atomic E-state index is 13.1. The number of allylic oxidation sites excluding steroid dienone is 2. The summed E-state index contributed by atoms with van der Waals surface area (Å²) in [6, 6.07) is 7.40. The number of hydrogen-bond donors (Lipinski definition) is 3. The van der Waals surface area contributed by atoms with Crippen molar-refractivity contribution in [3.05, 3.63) is 75.0 Å². The zero-order chi connectivity index (χ0) is 17.8. The molecule has 7 nitrogen and oxygen atoms in total. The molecular formula is C19H17N3O4. The molecule has 1 aliphatic carbocycles. The summed E-state index contributed by atoms with van der Waals surface area (Å²) < 4.78 is 11.3. The van der Waals surface area contributed by atoms with Gasteiger partial charge in [-0.05, 0) is 37.6 Å². The topological polar surface area (TPSA) is 104 Å². The Labute approximate surface area is 148 Å². The molecule has 4 heterocycles. The molecule has 0 unspecified atom stereocenters. The van der Waals surface area contributed by atoms with Crippen LogP contribution in [0.5, 0.6) is 0 Å². The Morgan fingerprint density at radius 3 is 2.69 bits per heavy atom. The molecule has 0 amide bonds. The molecule has 26 heavy (non-hydrogen) atoms. The molecule has 0 saturated heterocycles. The molecule has 3 aromatic heterocycles. The van der Waals surface area contributed by atoms with Gasteiger partial charge in [-0.2, -0.15) is 0 Å². The van der Waals surface area contributed by atoms with E-state index in [4.69, 9.17) is 8.83 Å². The van der Waals surface area contributed by atoms with Gasteiger partial charge in [0.1, 0.15) is 23.1 Å². The maximum Gasteiger partial charge on any atom is 0.270 e. The van der Waals surface area contributed by atoms with E-state index in [0.29, 0.717) is 35.6 Å². The highest BCUT2D eigenvalue weighted by atomic mass is 16.3. The highest BCUT2D eigenvalue weighted by molar-refractivity contribution is 6.01. The molecule has 0 aromatic carbocycles. The Kier molecular flexibility index (Phi) is 3.12. The molecule has 5 rings (SSSR count). The van der Waals surface area contributed by atoms with Gasteiger partial charge in [-0.1, -0.05) is 0 Å². The lowest BCUT2D eigenvalue weighted by Gasteiger charge is -2.32. The number of Topliss-reactive ketones (excluding diaryl/α,β-unsaturated/α-hetero) is 1. The molecule has 3 N–H and O–H groups in total. The zero-order valence-corrected chi connectivity index (χ0v) is 14.1.